The van der Waals surface area contributed by atoms with Crippen molar-refractivity contribution in [2.24, 2.45) is 0 Å². The summed E-state index contributed by atoms with van der Waals surface area (Å²) in [4.78, 5) is 0. The Hall–Kier alpha value is -0.650. The van der Waals surface area contributed by atoms with Crippen molar-refractivity contribution in [2.45, 2.75) is 6.10 Å². The number of hydrogen-bond donors (Lipinski definition) is 1. The summed E-state index contributed by atoms with van der Waals surface area (Å²) in [7, 11) is 1.53. The van der Waals surface area contributed by atoms with Crippen molar-refractivity contribution < 1.29 is 13.9 Å². The van der Waals surface area contributed by atoms with Crippen molar-refractivity contribution in [1.29, 1.82) is 0 Å². The lowest BCUT2D eigenvalue weighted by Gasteiger charge is -2.25. The monoisotopic (exact) mass is 289 g/mol. The maximum absolute atomic E-state index is 13.3. The van der Waals surface area contributed by atoms with Gasteiger partial charge in [-0.3, -0.25) is 0 Å². The van der Waals surface area contributed by atoms with E-state index in [2.05, 4.69) is 21.2 Å². The van der Waals surface area contributed by atoms with Crippen LogP contribution >= 0.6 is 15.9 Å². The van der Waals surface area contributed by atoms with Crippen molar-refractivity contribution in [2.75, 3.05) is 26.8 Å². The number of morpholine rings is 1. The van der Waals surface area contributed by atoms with Gasteiger partial charge in [0, 0.05) is 24.7 Å². The van der Waals surface area contributed by atoms with E-state index >= 15 is 0 Å². The second-order valence-corrected chi connectivity index (χ2v) is 4.43. The van der Waals surface area contributed by atoms with Crippen LogP contribution in [-0.4, -0.2) is 26.8 Å². The number of methoxy groups -OCH3 is 1. The molecule has 0 saturated carbocycles. The standard InChI is InChI=1S/C11H13BrFNO2/c1-15-10-5-9(13)8(12)4-7(10)11-6-14-2-3-16-11/h4-5,11,14H,2-3,6H2,1H3. The molecule has 1 atom stereocenters. The molecule has 1 aliphatic heterocycles. The lowest BCUT2D eigenvalue weighted by molar-refractivity contribution is 0.0262. The molecule has 5 heteroatoms. The van der Waals surface area contributed by atoms with E-state index < -0.39 is 0 Å². The molecular formula is C11H13BrFNO2. The van der Waals surface area contributed by atoms with E-state index in [-0.39, 0.29) is 11.9 Å². The molecule has 1 N–H and O–H groups in total. The summed E-state index contributed by atoms with van der Waals surface area (Å²) in [6, 6.07) is 3.09. The first-order valence-electron chi connectivity index (χ1n) is 5.07. The summed E-state index contributed by atoms with van der Waals surface area (Å²) in [6.45, 7) is 2.22. The highest BCUT2D eigenvalue weighted by Crippen LogP contribution is 2.32. The predicted octanol–water partition coefficient (Wildman–Crippen LogP) is 2.26. The fourth-order valence-corrected chi connectivity index (χ4v) is 2.10. The molecule has 2 rings (SSSR count). The van der Waals surface area contributed by atoms with Crippen LogP contribution in [-0.2, 0) is 4.74 Å². The van der Waals surface area contributed by atoms with Crippen LogP contribution < -0.4 is 10.1 Å². The molecule has 1 aliphatic rings. The molecule has 0 aliphatic carbocycles. The third-order valence-corrected chi connectivity index (χ3v) is 3.15. The highest BCUT2D eigenvalue weighted by atomic mass is 79.9. The van der Waals surface area contributed by atoms with E-state index in [1.54, 1.807) is 6.07 Å². The first kappa shape index (κ1) is 11.8. The molecule has 0 radical (unpaired) electrons. The first-order chi connectivity index (χ1) is 7.72. The maximum Gasteiger partial charge on any atom is 0.141 e. The summed E-state index contributed by atoms with van der Waals surface area (Å²) in [5.74, 6) is 0.193. The Balaban J connectivity index is 2.33. The Bertz CT molecular complexity index is 380. The summed E-state index contributed by atoms with van der Waals surface area (Å²) in [5, 5.41) is 3.23. The topological polar surface area (TPSA) is 30.5 Å². The Morgan fingerprint density at radius 1 is 1.56 bits per heavy atom. The van der Waals surface area contributed by atoms with Gasteiger partial charge in [-0.05, 0) is 22.0 Å². The lowest BCUT2D eigenvalue weighted by Crippen LogP contribution is -2.33. The zero-order chi connectivity index (χ0) is 11.5. The number of hydrogen-bond acceptors (Lipinski definition) is 3. The van der Waals surface area contributed by atoms with Crippen molar-refractivity contribution in [3.8, 4) is 5.75 Å². The van der Waals surface area contributed by atoms with Crippen LogP contribution in [0.25, 0.3) is 0 Å². The molecule has 1 fully saturated rings. The van der Waals surface area contributed by atoms with Crippen LogP contribution in [0.5, 0.6) is 5.75 Å². The normalized spacial score (nSPS) is 20.8. The summed E-state index contributed by atoms with van der Waals surface area (Å²) < 4.78 is 24.5. The van der Waals surface area contributed by atoms with Crippen LogP contribution in [0.3, 0.4) is 0 Å². The van der Waals surface area contributed by atoms with Gasteiger partial charge < -0.3 is 14.8 Å². The van der Waals surface area contributed by atoms with Crippen molar-refractivity contribution in [3.05, 3.63) is 28.0 Å². The van der Waals surface area contributed by atoms with Gasteiger partial charge in [-0.25, -0.2) is 4.39 Å². The minimum absolute atomic E-state index is 0.0828. The number of rotatable bonds is 2. The number of nitrogens with one attached hydrogen (secondary N) is 1. The smallest absolute Gasteiger partial charge is 0.141 e. The molecule has 0 spiro atoms. The minimum Gasteiger partial charge on any atom is -0.496 e. The Morgan fingerprint density at radius 2 is 2.38 bits per heavy atom. The minimum atomic E-state index is -0.329. The molecule has 0 aromatic heterocycles. The van der Waals surface area contributed by atoms with Gasteiger partial charge in [-0.2, -0.15) is 0 Å². The van der Waals surface area contributed by atoms with Crippen LogP contribution in [0, 0.1) is 5.82 Å². The van der Waals surface area contributed by atoms with E-state index in [9.17, 15) is 4.39 Å². The van der Waals surface area contributed by atoms with Crippen LogP contribution in [0.1, 0.15) is 11.7 Å². The molecule has 1 aromatic rings. The summed E-state index contributed by atoms with van der Waals surface area (Å²) >= 11 is 3.17. The zero-order valence-electron chi connectivity index (χ0n) is 8.93. The average Bonchev–Trinajstić information content (AvgIpc) is 2.33. The highest BCUT2D eigenvalue weighted by Gasteiger charge is 2.21. The van der Waals surface area contributed by atoms with Gasteiger partial charge in [-0.1, -0.05) is 0 Å². The van der Waals surface area contributed by atoms with E-state index in [1.165, 1.54) is 13.2 Å². The molecule has 1 heterocycles. The largest absolute Gasteiger partial charge is 0.496 e. The van der Waals surface area contributed by atoms with Gasteiger partial charge in [0.05, 0.1) is 24.3 Å². The third-order valence-electron chi connectivity index (χ3n) is 2.55. The van der Waals surface area contributed by atoms with Crippen LogP contribution in [0.15, 0.2) is 16.6 Å². The van der Waals surface area contributed by atoms with Crippen molar-refractivity contribution >= 4 is 15.9 Å². The van der Waals surface area contributed by atoms with Gasteiger partial charge in [0.2, 0.25) is 0 Å². The highest BCUT2D eigenvalue weighted by molar-refractivity contribution is 9.10. The van der Waals surface area contributed by atoms with E-state index in [0.717, 1.165) is 12.1 Å². The summed E-state index contributed by atoms with van der Waals surface area (Å²) in [6.07, 6.45) is -0.0828. The van der Waals surface area contributed by atoms with E-state index in [1.807, 2.05) is 0 Å². The van der Waals surface area contributed by atoms with Gasteiger partial charge in [0.25, 0.3) is 0 Å². The van der Waals surface area contributed by atoms with Gasteiger partial charge >= 0.3 is 0 Å². The molecule has 16 heavy (non-hydrogen) atoms. The molecular weight excluding hydrogens is 277 g/mol. The molecule has 3 nitrogen and oxygen atoms in total. The number of halogens is 2. The predicted molar refractivity (Wildman–Crippen MR) is 62.2 cm³/mol. The summed E-state index contributed by atoms with van der Waals surface area (Å²) in [5.41, 5.74) is 0.864. The molecule has 88 valence electrons. The zero-order valence-corrected chi connectivity index (χ0v) is 10.5. The Kier molecular flexibility index (Phi) is 3.78. The fraction of sp³-hybridized carbons (Fsp3) is 0.455. The quantitative estimate of drug-likeness (QED) is 0.906. The third kappa shape index (κ3) is 2.36. The average molecular weight is 290 g/mol. The van der Waals surface area contributed by atoms with Crippen molar-refractivity contribution in [1.82, 2.24) is 5.32 Å². The van der Waals surface area contributed by atoms with Crippen LogP contribution in [0.2, 0.25) is 0 Å². The Labute approximate surface area is 102 Å². The maximum atomic E-state index is 13.3. The van der Waals surface area contributed by atoms with Gasteiger partial charge in [-0.15, -0.1) is 0 Å². The fourth-order valence-electron chi connectivity index (χ4n) is 1.74. The van der Waals surface area contributed by atoms with E-state index in [4.69, 9.17) is 9.47 Å². The SMILES string of the molecule is COc1cc(F)c(Br)cc1C1CNCCO1. The van der Waals surface area contributed by atoms with Gasteiger partial charge in [0.1, 0.15) is 11.6 Å². The van der Waals surface area contributed by atoms with Crippen molar-refractivity contribution in [3.63, 3.8) is 0 Å². The van der Waals surface area contributed by atoms with E-state index in [0.29, 0.717) is 23.4 Å². The molecule has 1 aromatic carbocycles. The molecule has 1 saturated heterocycles. The second kappa shape index (κ2) is 5.12. The first-order valence-corrected chi connectivity index (χ1v) is 5.87. The molecule has 1 unspecified atom stereocenters. The molecule has 0 bridgehead atoms. The molecule has 0 amide bonds. The van der Waals surface area contributed by atoms with Crippen LogP contribution in [0.4, 0.5) is 4.39 Å². The lowest BCUT2D eigenvalue weighted by atomic mass is 10.1. The Morgan fingerprint density at radius 3 is 3.00 bits per heavy atom. The van der Waals surface area contributed by atoms with Gasteiger partial charge in [0.15, 0.2) is 0 Å². The number of ether oxygens (including phenoxy) is 2. The number of benzene rings is 1. The second-order valence-electron chi connectivity index (χ2n) is 3.57.